The number of hydrogen-bond donors (Lipinski definition) is 0. The third-order valence-electron chi connectivity index (χ3n) is 5.61. The second kappa shape index (κ2) is 6.37. The van der Waals surface area contributed by atoms with E-state index in [1.165, 1.54) is 5.56 Å². The largest absolute Gasteiger partial charge is 0.293 e. The van der Waals surface area contributed by atoms with Crippen LogP contribution in [0.15, 0.2) is 66.2 Å². The molecule has 0 radical (unpaired) electrons. The zero-order chi connectivity index (χ0) is 16.5. The minimum atomic E-state index is 0.0624. The Balaban J connectivity index is 1.58. The second-order valence-electron chi connectivity index (χ2n) is 7.08. The predicted molar refractivity (Wildman–Crippen MR) is 97.6 cm³/mol. The van der Waals surface area contributed by atoms with Crippen molar-refractivity contribution in [2.75, 3.05) is 7.05 Å². The van der Waals surface area contributed by atoms with Gasteiger partial charge in [0.2, 0.25) is 0 Å². The molecule has 0 unspecified atom stereocenters. The molecule has 122 valence electrons. The van der Waals surface area contributed by atoms with Gasteiger partial charge in [0.15, 0.2) is 5.78 Å². The summed E-state index contributed by atoms with van der Waals surface area (Å²) in [6.07, 6.45) is 5.03. The first-order valence-corrected chi connectivity index (χ1v) is 8.78. The topological polar surface area (TPSA) is 20.3 Å². The minimum Gasteiger partial charge on any atom is -0.293 e. The fourth-order valence-corrected chi connectivity index (χ4v) is 4.33. The Morgan fingerprint density at radius 3 is 2.42 bits per heavy atom. The van der Waals surface area contributed by atoms with Crippen molar-refractivity contribution in [1.29, 1.82) is 0 Å². The quantitative estimate of drug-likeness (QED) is 0.798. The van der Waals surface area contributed by atoms with Crippen LogP contribution in [0.5, 0.6) is 0 Å². The van der Waals surface area contributed by atoms with Gasteiger partial charge in [-0.05, 0) is 55.0 Å². The van der Waals surface area contributed by atoms with Crippen molar-refractivity contribution < 1.29 is 4.79 Å². The Hall–Kier alpha value is -2.19. The minimum absolute atomic E-state index is 0.0624. The standard InChI is InChI=1S/C22H23NO/c1-23-20-15-19(13-17-10-6-3-7-11-17)22(24)21(23)14-18(20)12-16-8-4-2-5-9-16/h2-11,13,18,20-21H,12,14-15H2,1H3/b19-13+/t18-,20+,21-/m1/s1. The van der Waals surface area contributed by atoms with Crippen LogP contribution >= 0.6 is 0 Å². The molecule has 4 rings (SSSR count). The summed E-state index contributed by atoms with van der Waals surface area (Å²) in [5.74, 6) is 0.890. The number of hydrogen-bond acceptors (Lipinski definition) is 2. The summed E-state index contributed by atoms with van der Waals surface area (Å²) in [6.45, 7) is 0. The highest BCUT2D eigenvalue weighted by molar-refractivity contribution is 6.04. The molecule has 2 nitrogen and oxygen atoms in total. The summed E-state index contributed by atoms with van der Waals surface area (Å²) in [5.41, 5.74) is 3.51. The lowest BCUT2D eigenvalue weighted by atomic mass is 9.89. The maximum absolute atomic E-state index is 12.9. The lowest BCUT2D eigenvalue weighted by molar-refractivity contribution is -0.121. The van der Waals surface area contributed by atoms with Crippen molar-refractivity contribution in [2.45, 2.75) is 31.3 Å². The number of likely N-dealkylation sites (N-methyl/N-ethyl adjacent to an activating group) is 1. The molecule has 2 aliphatic heterocycles. The monoisotopic (exact) mass is 317 g/mol. The van der Waals surface area contributed by atoms with Gasteiger partial charge in [-0.15, -0.1) is 0 Å². The summed E-state index contributed by atoms with van der Waals surface area (Å²) < 4.78 is 0. The first-order valence-electron chi connectivity index (χ1n) is 8.78. The van der Waals surface area contributed by atoms with Crippen LogP contribution in [0.25, 0.3) is 6.08 Å². The van der Waals surface area contributed by atoms with Gasteiger partial charge in [0.1, 0.15) is 0 Å². The zero-order valence-electron chi connectivity index (χ0n) is 14.1. The maximum Gasteiger partial charge on any atom is 0.176 e. The molecule has 0 amide bonds. The van der Waals surface area contributed by atoms with E-state index in [0.29, 0.717) is 17.7 Å². The molecule has 2 saturated heterocycles. The lowest BCUT2D eigenvalue weighted by Gasteiger charge is -2.33. The number of Topliss-reactive ketones (excluding diaryl/α,β-unsaturated/α-hetero) is 1. The van der Waals surface area contributed by atoms with Gasteiger partial charge in [0, 0.05) is 6.04 Å². The van der Waals surface area contributed by atoms with Crippen molar-refractivity contribution in [2.24, 2.45) is 5.92 Å². The molecular weight excluding hydrogens is 294 g/mol. The fraction of sp³-hybridized carbons (Fsp3) is 0.318. The Morgan fingerprint density at radius 1 is 1.04 bits per heavy atom. The average Bonchev–Trinajstić information content (AvgIpc) is 2.83. The Kier molecular flexibility index (Phi) is 4.07. The Labute approximate surface area is 143 Å². The molecule has 2 heterocycles. The molecule has 0 saturated carbocycles. The van der Waals surface area contributed by atoms with Gasteiger partial charge < -0.3 is 0 Å². The summed E-state index contributed by atoms with van der Waals surface area (Å²) in [5, 5.41) is 0. The van der Waals surface area contributed by atoms with E-state index in [1.807, 2.05) is 18.2 Å². The number of rotatable bonds is 3. The number of ketones is 1. The smallest absolute Gasteiger partial charge is 0.176 e. The van der Waals surface area contributed by atoms with Crippen molar-refractivity contribution in [1.82, 2.24) is 4.90 Å². The number of fused-ring (bicyclic) bond motifs is 2. The van der Waals surface area contributed by atoms with Crippen LogP contribution in [0.3, 0.4) is 0 Å². The SMILES string of the molecule is CN1[C@@H]2C[C@@H](Cc3ccccc3)[C@@H]1C/C(=C\c1ccccc1)C2=O. The molecule has 2 aromatic rings. The number of piperidine rings is 1. The molecule has 0 spiro atoms. The highest BCUT2D eigenvalue weighted by Gasteiger charge is 2.47. The van der Waals surface area contributed by atoms with Crippen LogP contribution in [0.2, 0.25) is 0 Å². The predicted octanol–water partition coefficient (Wildman–Crippen LogP) is 3.97. The zero-order valence-corrected chi connectivity index (χ0v) is 14.1. The van der Waals surface area contributed by atoms with E-state index in [4.69, 9.17) is 0 Å². The van der Waals surface area contributed by atoms with E-state index < -0.39 is 0 Å². The number of carbonyl (C=O) groups is 1. The van der Waals surface area contributed by atoms with Crippen LogP contribution in [-0.4, -0.2) is 29.8 Å². The van der Waals surface area contributed by atoms with Crippen LogP contribution in [0.1, 0.15) is 24.0 Å². The highest BCUT2D eigenvalue weighted by Crippen LogP contribution is 2.41. The van der Waals surface area contributed by atoms with E-state index in [1.54, 1.807) is 0 Å². The normalized spacial score (nSPS) is 28.5. The molecule has 2 aromatic carbocycles. The third-order valence-corrected chi connectivity index (χ3v) is 5.61. The molecule has 24 heavy (non-hydrogen) atoms. The Morgan fingerprint density at radius 2 is 1.71 bits per heavy atom. The van der Waals surface area contributed by atoms with Crippen molar-refractivity contribution in [3.63, 3.8) is 0 Å². The van der Waals surface area contributed by atoms with Gasteiger partial charge in [0.05, 0.1) is 6.04 Å². The van der Waals surface area contributed by atoms with Gasteiger partial charge >= 0.3 is 0 Å². The molecule has 3 atom stereocenters. The number of carbonyl (C=O) groups excluding carboxylic acids is 1. The van der Waals surface area contributed by atoms with Crippen LogP contribution in [0.4, 0.5) is 0 Å². The van der Waals surface area contributed by atoms with Crippen molar-refractivity contribution >= 4 is 11.9 Å². The highest BCUT2D eigenvalue weighted by atomic mass is 16.1. The average molecular weight is 317 g/mol. The summed E-state index contributed by atoms with van der Waals surface area (Å²) in [4.78, 5) is 15.2. The molecule has 2 bridgehead atoms. The maximum atomic E-state index is 12.9. The van der Waals surface area contributed by atoms with Gasteiger partial charge in [-0.25, -0.2) is 0 Å². The molecular formula is C22H23NO. The van der Waals surface area contributed by atoms with E-state index in [2.05, 4.69) is 60.5 Å². The molecule has 0 aromatic heterocycles. The number of nitrogens with zero attached hydrogens (tertiary/aromatic N) is 1. The first-order chi connectivity index (χ1) is 11.7. The van der Waals surface area contributed by atoms with E-state index in [9.17, 15) is 4.79 Å². The summed E-state index contributed by atoms with van der Waals surface area (Å²) in [6, 6.07) is 21.4. The van der Waals surface area contributed by atoms with Crippen LogP contribution in [0, 0.1) is 5.92 Å². The lowest BCUT2D eigenvalue weighted by Crippen LogP contribution is -2.44. The molecule has 2 aliphatic rings. The fourth-order valence-electron chi connectivity index (χ4n) is 4.33. The summed E-state index contributed by atoms with van der Waals surface area (Å²) >= 11 is 0. The Bertz CT molecular complexity index is 750. The second-order valence-corrected chi connectivity index (χ2v) is 7.08. The summed E-state index contributed by atoms with van der Waals surface area (Å²) in [7, 11) is 2.12. The first kappa shape index (κ1) is 15.3. The van der Waals surface area contributed by atoms with Gasteiger partial charge in [-0.3, -0.25) is 9.69 Å². The van der Waals surface area contributed by atoms with Crippen molar-refractivity contribution in [3.8, 4) is 0 Å². The molecule has 0 N–H and O–H groups in total. The van der Waals surface area contributed by atoms with Crippen LogP contribution in [-0.2, 0) is 11.2 Å². The number of benzene rings is 2. The van der Waals surface area contributed by atoms with E-state index in [0.717, 1.165) is 30.4 Å². The third kappa shape index (κ3) is 2.83. The van der Waals surface area contributed by atoms with E-state index in [-0.39, 0.29) is 6.04 Å². The van der Waals surface area contributed by atoms with Crippen molar-refractivity contribution in [3.05, 3.63) is 77.4 Å². The van der Waals surface area contributed by atoms with Gasteiger partial charge in [-0.1, -0.05) is 60.7 Å². The molecule has 2 heteroatoms. The molecule has 0 aliphatic carbocycles. The molecule has 2 fully saturated rings. The van der Waals surface area contributed by atoms with Gasteiger partial charge in [-0.2, -0.15) is 0 Å². The van der Waals surface area contributed by atoms with E-state index >= 15 is 0 Å². The van der Waals surface area contributed by atoms with Gasteiger partial charge in [0.25, 0.3) is 0 Å². The van der Waals surface area contributed by atoms with Crippen LogP contribution < -0.4 is 0 Å².